The molecule has 2 aromatic carbocycles. The van der Waals surface area contributed by atoms with Crippen molar-refractivity contribution < 1.29 is 20.3 Å². The number of hydrogen-bond donors (Lipinski definition) is 0. The summed E-state index contributed by atoms with van der Waals surface area (Å²) in [5.41, 5.74) is 8.97. The van der Waals surface area contributed by atoms with Gasteiger partial charge in [-0.25, -0.2) is 0 Å². The van der Waals surface area contributed by atoms with Crippen molar-refractivity contribution in [2.45, 2.75) is 70.1 Å². The molecule has 2 heteroatoms. The molecule has 2 aliphatic rings. The molecule has 0 heterocycles. The van der Waals surface area contributed by atoms with Crippen molar-refractivity contribution in [2.75, 3.05) is 0 Å². The van der Waals surface area contributed by atoms with Crippen LogP contribution in [-0.4, -0.2) is 8.07 Å². The largest absolute Gasteiger partial charge is 1.00 e. The van der Waals surface area contributed by atoms with Crippen molar-refractivity contribution in [3.63, 3.8) is 0 Å². The number of fused-ring (bicyclic) bond motifs is 2. The number of allylic oxidation sites excluding steroid dienone is 3. The summed E-state index contributed by atoms with van der Waals surface area (Å²) in [4.78, 5) is 0. The summed E-state index contributed by atoms with van der Waals surface area (Å²) in [6.45, 7) is 9.91. The third-order valence-corrected chi connectivity index (χ3v) is 11.7. The molecule has 0 nitrogen and oxygen atoms in total. The first-order chi connectivity index (χ1) is 14.1. The monoisotopic (exact) mass is 408 g/mol. The first-order valence-corrected chi connectivity index (χ1v) is 14.8. The minimum Gasteiger partial charge on any atom is -1.00 e. The van der Waals surface area contributed by atoms with Gasteiger partial charge in [-0.1, -0.05) is 119 Å². The zero-order chi connectivity index (χ0) is 20.4. The van der Waals surface area contributed by atoms with Crippen molar-refractivity contribution in [2.24, 2.45) is 5.92 Å². The number of hydrogen-bond acceptors (Lipinski definition) is 0. The van der Waals surface area contributed by atoms with Crippen LogP contribution in [0, 0.1) is 5.92 Å². The van der Waals surface area contributed by atoms with Crippen molar-refractivity contribution in [1.29, 1.82) is 0 Å². The van der Waals surface area contributed by atoms with E-state index in [0.29, 0.717) is 11.1 Å². The van der Waals surface area contributed by atoms with Crippen molar-refractivity contribution in [3.8, 4) is 0 Å². The van der Waals surface area contributed by atoms with Crippen LogP contribution in [0.3, 0.4) is 0 Å². The van der Waals surface area contributed by atoms with Gasteiger partial charge in [0.25, 0.3) is 0 Å². The predicted molar refractivity (Wildman–Crippen MR) is 132 cm³/mol. The van der Waals surface area contributed by atoms with E-state index in [1.165, 1.54) is 37.7 Å². The average Bonchev–Trinajstić information content (AvgIpc) is 3.34. The second-order valence-electron chi connectivity index (χ2n) is 9.66. The molecule has 2 aromatic rings. The molecule has 3 atom stereocenters. The first-order valence-electron chi connectivity index (χ1n) is 11.6. The topological polar surface area (TPSA) is 0 Å². The third-order valence-electron chi connectivity index (χ3n) is 7.46. The summed E-state index contributed by atoms with van der Waals surface area (Å²) in [5, 5.41) is 0. The summed E-state index contributed by atoms with van der Waals surface area (Å²) in [5.74, 6) is 0.824. The zero-order valence-electron chi connectivity index (χ0n) is 20.6. The summed E-state index contributed by atoms with van der Waals surface area (Å²) in [6.07, 6.45) is 14.1. The van der Waals surface area contributed by atoms with E-state index in [4.69, 9.17) is 0 Å². The van der Waals surface area contributed by atoms with Crippen molar-refractivity contribution in [1.82, 2.24) is 0 Å². The van der Waals surface area contributed by atoms with Crippen LogP contribution in [0.2, 0.25) is 13.1 Å². The van der Waals surface area contributed by atoms with Crippen LogP contribution in [0.15, 0.2) is 60.7 Å². The maximum absolute atomic E-state index is 2.69. The van der Waals surface area contributed by atoms with E-state index in [0.717, 1.165) is 5.92 Å². The minimum absolute atomic E-state index is 0. The molecule has 0 bridgehead atoms. The Morgan fingerprint density at radius 3 is 2.37 bits per heavy atom. The number of benzene rings is 2. The van der Waals surface area contributed by atoms with Gasteiger partial charge in [-0.2, -0.15) is 0 Å². The summed E-state index contributed by atoms with van der Waals surface area (Å²) in [6, 6.07) is 18.3. The predicted octanol–water partition coefficient (Wildman–Crippen LogP) is 5.49. The van der Waals surface area contributed by atoms with Gasteiger partial charge in [0.1, 0.15) is 0 Å². The van der Waals surface area contributed by atoms with Crippen LogP contribution in [0.5, 0.6) is 0 Å². The molecule has 0 saturated heterocycles. The normalized spacial score (nSPS) is 20.3. The van der Waals surface area contributed by atoms with Crippen LogP contribution in [0.25, 0.3) is 11.6 Å². The first kappa shape index (κ1) is 23.4. The Balaban J connectivity index is 0.00000171. The van der Waals surface area contributed by atoms with Gasteiger partial charge in [0.2, 0.25) is 0 Å². The van der Waals surface area contributed by atoms with E-state index in [1.807, 2.05) is 0 Å². The Bertz CT molecular complexity index is 930. The van der Waals surface area contributed by atoms with Crippen molar-refractivity contribution in [3.05, 3.63) is 82.9 Å². The third kappa shape index (κ3) is 4.36. The fourth-order valence-electron chi connectivity index (χ4n) is 5.58. The number of unbranched alkanes of at least 4 members (excludes halogenated alkanes) is 1. The Morgan fingerprint density at radius 1 is 0.933 bits per heavy atom. The van der Waals surface area contributed by atoms with Gasteiger partial charge in [0.05, 0.1) is 8.07 Å². The van der Waals surface area contributed by atoms with Crippen molar-refractivity contribution >= 4 is 19.7 Å². The van der Waals surface area contributed by atoms with Gasteiger partial charge in [-0.05, 0) is 51.2 Å². The van der Waals surface area contributed by atoms with Gasteiger partial charge in [0, 0.05) is 0 Å². The van der Waals surface area contributed by atoms with Gasteiger partial charge >= 0.3 is 18.9 Å². The average molecular weight is 409 g/mol. The molecule has 0 aromatic heterocycles. The second-order valence-corrected chi connectivity index (χ2v) is 14.6. The van der Waals surface area contributed by atoms with Gasteiger partial charge in [-0.15, -0.1) is 0 Å². The molecule has 0 radical (unpaired) electrons. The van der Waals surface area contributed by atoms with E-state index < -0.39 is 8.07 Å². The standard InChI is InChI=1S/C28H36Si.Li.H/c1-5-7-12-21(6-2)19-23-20-28(26-16-11-10-14-24(23)26)29(3,4)27-18-17-22-13-8-9-15-25(22)27;;/h8-11,13-18,20-21,27-28H,5-7,12,19H2,1-4H3;;/q;+1;-1. The Hall–Kier alpha value is -1.27. The summed E-state index contributed by atoms with van der Waals surface area (Å²) >= 11 is 0. The van der Waals surface area contributed by atoms with Gasteiger partial charge in [0.15, 0.2) is 0 Å². The molecular weight excluding hydrogens is 371 g/mol. The second kappa shape index (κ2) is 9.91. The summed E-state index contributed by atoms with van der Waals surface area (Å²) in [7, 11) is -1.63. The molecule has 2 aliphatic carbocycles. The molecule has 0 spiro atoms. The van der Waals surface area contributed by atoms with Crippen LogP contribution >= 0.6 is 0 Å². The Morgan fingerprint density at radius 2 is 1.63 bits per heavy atom. The van der Waals surface area contributed by atoms with Crippen LogP contribution in [0.1, 0.15) is 80.7 Å². The molecule has 154 valence electrons. The molecular formula is C28H37LiSi. The van der Waals surface area contributed by atoms with E-state index in [9.17, 15) is 0 Å². The number of rotatable bonds is 8. The maximum Gasteiger partial charge on any atom is 1.00 e. The Labute approximate surface area is 198 Å². The fourth-order valence-corrected chi connectivity index (χ4v) is 9.31. The molecule has 30 heavy (non-hydrogen) atoms. The fraction of sp³-hybridized carbons (Fsp3) is 0.429. The molecule has 4 rings (SSSR count). The van der Waals surface area contributed by atoms with E-state index >= 15 is 0 Å². The molecule has 3 unspecified atom stereocenters. The molecule has 0 saturated carbocycles. The van der Waals surface area contributed by atoms with E-state index in [2.05, 4.69) is 93.7 Å². The molecule has 0 N–H and O–H groups in total. The van der Waals surface area contributed by atoms with E-state index in [1.54, 1.807) is 22.3 Å². The van der Waals surface area contributed by atoms with Gasteiger partial charge < -0.3 is 1.43 Å². The van der Waals surface area contributed by atoms with Gasteiger partial charge in [-0.3, -0.25) is 0 Å². The zero-order valence-corrected chi connectivity index (χ0v) is 20.6. The molecule has 0 aliphatic heterocycles. The minimum atomic E-state index is -1.63. The maximum atomic E-state index is 2.69. The SMILES string of the molecule is CCCCC(CC)CC1=CC([Si](C)(C)C2C=Cc3ccccc32)c2ccccc21.[H-].[Li+]. The quantitative estimate of drug-likeness (QED) is 0.507. The summed E-state index contributed by atoms with van der Waals surface area (Å²) < 4.78 is 0. The van der Waals surface area contributed by atoms with Crippen LogP contribution in [0.4, 0.5) is 0 Å². The molecule has 0 fully saturated rings. The Kier molecular flexibility index (Phi) is 7.73. The van der Waals surface area contributed by atoms with Crippen LogP contribution < -0.4 is 18.9 Å². The van der Waals surface area contributed by atoms with E-state index in [-0.39, 0.29) is 20.3 Å². The van der Waals surface area contributed by atoms with Crippen LogP contribution in [-0.2, 0) is 0 Å². The smallest absolute Gasteiger partial charge is 1.00 e. The molecule has 0 amide bonds.